The van der Waals surface area contributed by atoms with Crippen LogP contribution in [-0.2, 0) is 0 Å². The van der Waals surface area contributed by atoms with Crippen LogP contribution in [0.4, 0.5) is 4.39 Å². The topological polar surface area (TPSA) is 46.2 Å². The minimum Gasteiger partial charge on any atom is -0.508 e. The second-order valence-corrected chi connectivity index (χ2v) is 2.46. The third kappa shape index (κ3) is 1.62. The lowest BCUT2D eigenvalue weighted by molar-refractivity contribution is 0.463. The van der Waals surface area contributed by atoms with Gasteiger partial charge in [0.05, 0.1) is 6.04 Å². The van der Waals surface area contributed by atoms with E-state index in [0.717, 1.165) is 0 Å². The Morgan fingerprint density at radius 3 is 2.83 bits per heavy atom. The summed E-state index contributed by atoms with van der Waals surface area (Å²) in [5.74, 6) is -0.427. The van der Waals surface area contributed by atoms with Crippen LogP contribution in [0, 0.1) is 5.82 Å². The van der Waals surface area contributed by atoms with E-state index < -0.39 is 11.9 Å². The molecule has 1 rings (SSSR count). The smallest absolute Gasteiger partial charge is 0.123 e. The molecule has 0 radical (unpaired) electrons. The SMILES string of the molecule is C=CC(N)c1cc(F)ccc1O. The molecular formula is C9H10FNO. The van der Waals surface area contributed by atoms with Crippen molar-refractivity contribution in [2.45, 2.75) is 6.04 Å². The number of benzene rings is 1. The molecule has 3 N–H and O–H groups in total. The molecule has 1 aromatic rings. The zero-order valence-corrected chi connectivity index (χ0v) is 6.50. The highest BCUT2D eigenvalue weighted by atomic mass is 19.1. The first-order valence-corrected chi connectivity index (χ1v) is 3.51. The zero-order chi connectivity index (χ0) is 9.14. The fourth-order valence-corrected chi connectivity index (χ4v) is 0.919. The van der Waals surface area contributed by atoms with Crippen molar-refractivity contribution in [1.82, 2.24) is 0 Å². The monoisotopic (exact) mass is 167 g/mol. The maximum absolute atomic E-state index is 12.6. The lowest BCUT2D eigenvalue weighted by atomic mass is 10.1. The second-order valence-electron chi connectivity index (χ2n) is 2.46. The summed E-state index contributed by atoms with van der Waals surface area (Å²) >= 11 is 0. The van der Waals surface area contributed by atoms with Gasteiger partial charge in [0.2, 0.25) is 0 Å². The van der Waals surface area contributed by atoms with Crippen molar-refractivity contribution < 1.29 is 9.50 Å². The fourth-order valence-electron chi connectivity index (χ4n) is 0.919. The maximum atomic E-state index is 12.6. The second kappa shape index (κ2) is 3.36. The van der Waals surface area contributed by atoms with Crippen LogP contribution in [0.15, 0.2) is 30.9 Å². The van der Waals surface area contributed by atoms with Gasteiger partial charge in [-0.05, 0) is 18.2 Å². The van der Waals surface area contributed by atoms with Crippen LogP contribution in [0.3, 0.4) is 0 Å². The Labute approximate surface area is 70.1 Å². The molecule has 0 spiro atoms. The molecule has 0 fully saturated rings. The Morgan fingerprint density at radius 2 is 2.25 bits per heavy atom. The van der Waals surface area contributed by atoms with E-state index in [-0.39, 0.29) is 5.75 Å². The first kappa shape index (κ1) is 8.74. The summed E-state index contributed by atoms with van der Waals surface area (Å²) in [5, 5.41) is 9.24. The standard InChI is InChI=1S/C9H10FNO/c1-2-8(11)7-5-6(10)3-4-9(7)12/h2-5,8,12H,1,11H2. The largest absolute Gasteiger partial charge is 0.508 e. The fraction of sp³-hybridized carbons (Fsp3) is 0.111. The van der Waals surface area contributed by atoms with E-state index in [1.807, 2.05) is 0 Å². The predicted octanol–water partition coefficient (Wildman–Crippen LogP) is 1.72. The number of nitrogens with two attached hydrogens (primary N) is 1. The molecule has 0 aromatic heterocycles. The molecule has 0 bridgehead atoms. The molecule has 1 unspecified atom stereocenters. The summed E-state index contributed by atoms with van der Waals surface area (Å²) in [6.45, 7) is 3.45. The third-order valence-corrected chi connectivity index (χ3v) is 1.60. The highest BCUT2D eigenvalue weighted by molar-refractivity contribution is 5.36. The first-order valence-electron chi connectivity index (χ1n) is 3.51. The predicted molar refractivity (Wildman–Crippen MR) is 45.2 cm³/mol. The Balaban J connectivity index is 3.12. The van der Waals surface area contributed by atoms with Gasteiger partial charge in [0.1, 0.15) is 11.6 Å². The number of phenols is 1. The molecule has 64 valence electrons. The van der Waals surface area contributed by atoms with Gasteiger partial charge in [-0.25, -0.2) is 4.39 Å². The van der Waals surface area contributed by atoms with E-state index in [4.69, 9.17) is 5.73 Å². The first-order chi connectivity index (χ1) is 5.65. The van der Waals surface area contributed by atoms with E-state index in [9.17, 15) is 9.50 Å². The quantitative estimate of drug-likeness (QED) is 0.659. The van der Waals surface area contributed by atoms with E-state index in [1.165, 1.54) is 24.3 Å². The van der Waals surface area contributed by atoms with Crippen molar-refractivity contribution in [1.29, 1.82) is 0 Å². The molecule has 2 nitrogen and oxygen atoms in total. The molecule has 1 aromatic carbocycles. The lowest BCUT2D eigenvalue weighted by Crippen LogP contribution is -2.06. The van der Waals surface area contributed by atoms with Crippen molar-refractivity contribution in [2.75, 3.05) is 0 Å². The van der Waals surface area contributed by atoms with Crippen LogP contribution in [-0.4, -0.2) is 5.11 Å². The summed E-state index contributed by atoms with van der Waals surface area (Å²) in [5.41, 5.74) is 5.87. The Morgan fingerprint density at radius 1 is 1.58 bits per heavy atom. The molecular weight excluding hydrogens is 157 g/mol. The van der Waals surface area contributed by atoms with Gasteiger partial charge in [-0.15, -0.1) is 6.58 Å². The van der Waals surface area contributed by atoms with E-state index in [1.54, 1.807) is 0 Å². The number of halogens is 1. The molecule has 0 aliphatic rings. The molecule has 0 heterocycles. The summed E-state index contributed by atoms with van der Waals surface area (Å²) in [7, 11) is 0. The molecule has 12 heavy (non-hydrogen) atoms. The van der Waals surface area contributed by atoms with Crippen LogP contribution in [0.1, 0.15) is 11.6 Å². The normalized spacial score (nSPS) is 12.5. The summed E-state index contributed by atoms with van der Waals surface area (Å²) < 4.78 is 12.6. The van der Waals surface area contributed by atoms with Gasteiger partial charge in [0.15, 0.2) is 0 Å². The molecule has 0 saturated carbocycles. The molecule has 0 amide bonds. The maximum Gasteiger partial charge on any atom is 0.123 e. The van der Waals surface area contributed by atoms with Gasteiger partial charge in [-0.2, -0.15) is 0 Å². The number of hydrogen-bond donors (Lipinski definition) is 2. The van der Waals surface area contributed by atoms with Gasteiger partial charge in [-0.1, -0.05) is 6.08 Å². The van der Waals surface area contributed by atoms with E-state index >= 15 is 0 Å². The number of phenolic OH excluding ortho intramolecular Hbond substituents is 1. The molecule has 0 aliphatic carbocycles. The minimum absolute atomic E-state index is 0.0104. The number of hydrogen-bond acceptors (Lipinski definition) is 2. The highest BCUT2D eigenvalue weighted by Gasteiger charge is 2.07. The molecule has 0 aliphatic heterocycles. The van der Waals surface area contributed by atoms with Gasteiger partial charge >= 0.3 is 0 Å². The van der Waals surface area contributed by atoms with Crippen molar-refractivity contribution in [2.24, 2.45) is 5.73 Å². The van der Waals surface area contributed by atoms with Crippen LogP contribution in [0.25, 0.3) is 0 Å². The average Bonchev–Trinajstić information content (AvgIpc) is 2.08. The highest BCUT2D eigenvalue weighted by Crippen LogP contribution is 2.23. The number of aromatic hydroxyl groups is 1. The Kier molecular flexibility index (Phi) is 2.45. The Bertz CT molecular complexity index is 299. The summed E-state index contributed by atoms with van der Waals surface area (Å²) in [6, 6.07) is 3.12. The summed E-state index contributed by atoms with van der Waals surface area (Å²) in [6.07, 6.45) is 1.44. The van der Waals surface area contributed by atoms with Crippen LogP contribution in [0.2, 0.25) is 0 Å². The lowest BCUT2D eigenvalue weighted by Gasteiger charge is -2.08. The van der Waals surface area contributed by atoms with E-state index in [0.29, 0.717) is 5.56 Å². The van der Waals surface area contributed by atoms with Crippen molar-refractivity contribution in [3.8, 4) is 5.75 Å². The Hall–Kier alpha value is -1.35. The van der Waals surface area contributed by atoms with Gasteiger partial charge < -0.3 is 10.8 Å². The van der Waals surface area contributed by atoms with Gasteiger partial charge in [-0.3, -0.25) is 0 Å². The van der Waals surface area contributed by atoms with Crippen LogP contribution < -0.4 is 5.73 Å². The van der Waals surface area contributed by atoms with Gasteiger partial charge in [0.25, 0.3) is 0 Å². The average molecular weight is 167 g/mol. The minimum atomic E-state index is -0.527. The van der Waals surface area contributed by atoms with E-state index in [2.05, 4.69) is 6.58 Å². The number of rotatable bonds is 2. The van der Waals surface area contributed by atoms with Crippen LogP contribution in [0.5, 0.6) is 5.75 Å². The van der Waals surface area contributed by atoms with Crippen molar-refractivity contribution in [3.63, 3.8) is 0 Å². The van der Waals surface area contributed by atoms with Crippen LogP contribution >= 0.6 is 0 Å². The molecule has 0 saturated heterocycles. The van der Waals surface area contributed by atoms with Crippen molar-refractivity contribution >= 4 is 0 Å². The molecule has 1 atom stereocenters. The zero-order valence-electron chi connectivity index (χ0n) is 6.50. The van der Waals surface area contributed by atoms with Crippen molar-refractivity contribution in [3.05, 3.63) is 42.2 Å². The third-order valence-electron chi connectivity index (χ3n) is 1.60. The van der Waals surface area contributed by atoms with Gasteiger partial charge in [0, 0.05) is 5.56 Å². The molecule has 3 heteroatoms. The summed E-state index contributed by atoms with van der Waals surface area (Å²) in [4.78, 5) is 0.